The molecule has 1 aromatic heterocycles. The molecule has 0 bridgehead atoms. The molecule has 0 atom stereocenters. The van der Waals surface area contributed by atoms with E-state index in [9.17, 15) is 9.18 Å². The summed E-state index contributed by atoms with van der Waals surface area (Å²) in [4.78, 5) is 14.8. The van der Waals surface area contributed by atoms with Crippen LogP contribution in [0.25, 0.3) is 11.8 Å². The predicted octanol–water partition coefficient (Wildman–Crippen LogP) is 2.99. The van der Waals surface area contributed by atoms with Gasteiger partial charge in [0.25, 0.3) is 0 Å². The Bertz CT molecular complexity index is 719. The maximum Gasteiger partial charge on any atom is 0.328 e. The first kappa shape index (κ1) is 13.5. The van der Waals surface area contributed by atoms with Gasteiger partial charge in [0.05, 0.1) is 17.7 Å². The number of carbonyl (C=O) groups is 1. The molecule has 2 aromatic rings. The molecule has 0 amide bonds. The van der Waals surface area contributed by atoms with Crippen LogP contribution in [0.15, 0.2) is 30.6 Å². The summed E-state index contributed by atoms with van der Waals surface area (Å²) in [5, 5.41) is 8.59. The topological polar surface area (TPSA) is 55.1 Å². The van der Waals surface area contributed by atoms with E-state index in [0.29, 0.717) is 11.3 Å². The maximum absolute atomic E-state index is 14.3. The number of aromatic nitrogens is 2. The van der Waals surface area contributed by atoms with Crippen LogP contribution in [0.5, 0.6) is 0 Å². The number of halogens is 1. The van der Waals surface area contributed by atoms with Gasteiger partial charge in [-0.1, -0.05) is 6.07 Å². The van der Waals surface area contributed by atoms with Crippen LogP contribution in [-0.2, 0) is 17.6 Å². The first-order valence-electron chi connectivity index (χ1n) is 6.91. The Balaban J connectivity index is 1.96. The molecule has 0 saturated heterocycles. The molecule has 0 aliphatic heterocycles. The Morgan fingerprint density at radius 1 is 1.33 bits per heavy atom. The van der Waals surface area contributed by atoms with E-state index in [1.54, 1.807) is 23.0 Å². The highest BCUT2D eigenvalue weighted by Gasteiger charge is 2.17. The van der Waals surface area contributed by atoms with E-state index in [0.717, 1.165) is 43.1 Å². The number of aliphatic carboxylic acids is 1. The minimum Gasteiger partial charge on any atom is -0.478 e. The molecule has 1 heterocycles. The summed E-state index contributed by atoms with van der Waals surface area (Å²) < 4.78 is 16.1. The number of rotatable bonds is 3. The molecule has 21 heavy (non-hydrogen) atoms. The number of benzene rings is 1. The van der Waals surface area contributed by atoms with Crippen LogP contribution in [-0.4, -0.2) is 20.6 Å². The summed E-state index contributed by atoms with van der Waals surface area (Å²) in [5.41, 5.74) is 3.11. The summed E-state index contributed by atoms with van der Waals surface area (Å²) in [7, 11) is 0. The van der Waals surface area contributed by atoms with Crippen LogP contribution in [0.4, 0.5) is 4.39 Å². The van der Waals surface area contributed by atoms with E-state index in [4.69, 9.17) is 5.11 Å². The molecule has 1 aliphatic carbocycles. The Kier molecular flexibility index (Phi) is 3.56. The number of fused-ring (bicyclic) bond motifs is 1. The summed E-state index contributed by atoms with van der Waals surface area (Å²) in [5.74, 6) is -1.43. The number of nitrogens with zero attached hydrogens (tertiary/aromatic N) is 2. The SMILES string of the molecule is O=C(O)/C=C/c1ccc(-n2cnc3c2CCCC3)c(F)c1. The molecular weight excluding hydrogens is 271 g/mol. The second-order valence-corrected chi connectivity index (χ2v) is 5.10. The van der Waals surface area contributed by atoms with Crippen molar-refractivity contribution in [1.29, 1.82) is 0 Å². The van der Waals surface area contributed by atoms with E-state index in [1.165, 1.54) is 12.1 Å². The molecular formula is C16H15FN2O2. The average Bonchev–Trinajstić information content (AvgIpc) is 2.89. The van der Waals surface area contributed by atoms with Gasteiger partial charge in [-0.2, -0.15) is 0 Å². The highest BCUT2D eigenvalue weighted by atomic mass is 19.1. The van der Waals surface area contributed by atoms with Crippen LogP contribution in [0.1, 0.15) is 29.8 Å². The number of aryl methyl sites for hydroxylation is 1. The number of hydrogen-bond donors (Lipinski definition) is 1. The van der Waals surface area contributed by atoms with Crippen LogP contribution in [0.3, 0.4) is 0 Å². The number of hydrogen-bond acceptors (Lipinski definition) is 2. The fraction of sp³-hybridized carbons (Fsp3) is 0.250. The molecule has 0 radical (unpaired) electrons. The third-order valence-corrected chi connectivity index (χ3v) is 3.68. The first-order valence-corrected chi connectivity index (χ1v) is 6.91. The molecule has 1 aromatic carbocycles. The molecule has 5 heteroatoms. The van der Waals surface area contributed by atoms with Crippen LogP contribution in [0, 0.1) is 5.82 Å². The number of carboxylic acids is 1. The standard InChI is InChI=1S/C16H15FN2O2/c17-12-9-11(6-8-16(20)21)5-7-14(12)19-10-18-13-3-1-2-4-15(13)19/h5-10H,1-4H2,(H,20,21)/b8-6+. The first-order chi connectivity index (χ1) is 10.1. The predicted molar refractivity (Wildman–Crippen MR) is 76.8 cm³/mol. The minimum atomic E-state index is -1.05. The Labute approximate surface area is 121 Å². The molecule has 1 N–H and O–H groups in total. The zero-order valence-corrected chi connectivity index (χ0v) is 11.4. The van der Waals surface area contributed by atoms with E-state index < -0.39 is 5.97 Å². The fourth-order valence-electron chi connectivity index (χ4n) is 2.67. The molecule has 108 valence electrons. The van der Waals surface area contributed by atoms with Crippen LogP contribution >= 0.6 is 0 Å². The largest absolute Gasteiger partial charge is 0.478 e. The van der Waals surface area contributed by atoms with Crippen molar-refractivity contribution in [1.82, 2.24) is 9.55 Å². The molecule has 3 rings (SSSR count). The van der Waals surface area contributed by atoms with Crippen molar-refractivity contribution in [2.75, 3.05) is 0 Å². The zero-order chi connectivity index (χ0) is 14.8. The second kappa shape index (κ2) is 5.52. The Morgan fingerprint density at radius 2 is 2.14 bits per heavy atom. The number of imidazole rings is 1. The van der Waals surface area contributed by atoms with Crippen molar-refractivity contribution < 1.29 is 14.3 Å². The highest BCUT2D eigenvalue weighted by molar-refractivity contribution is 5.85. The van der Waals surface area contributed by atoms with Gasteiger partial charge < -0.3 is 9.67 Å². The third kappa shape index (κ3) is 2.72. The molecule has 1 aliphatic rings. The fourth-order valence-corrected chi connectivity index (χ4v) is 2.67. The summed E-state index contributed by atoms with van der Waals surface area (Å²) in [6, 6.07) is 4.70. The van der Waals surface area contributed by atoms with E-state index >= 15 is 0 Å². The number of carboxylic acid groups (broad SMARTS) is 1. The maximum atomic E-state index is 14.3. The monoisotopic (exact) mass is 286 g/mol. The minimum absolute atomic E-state index is 0.381. The molecule has 0 fully saturated rings. The molecule has 4 nitrogen and oxygen atoms in total. The lowest BCUT2D eigenvalue weighted by Crippen LogP contribution is -2.08. The van der Waals surface area contributed by atoms with Crippen molar-refractivity contribution >= 4 is 12.0 Å². The van der Waals surface area contributed by atoms with Gasteiger partial charge in [-0.25, -0.2) is 14.2 Å². The van der Waals surface area contributed by atoms with Crippen molar-refractivity contribution in [2.45, 2.75) is 25.7 Å². The van der Waals surface area contributed by atoms with E-state index in [1.807, 2.05) is 0 Å². The van der Waals surface area contributed by atoms with E-state index in [2.05, 4.69) is 4.98 Å². The van der Waals surface area contributed by atoms with Crippen molar-refractivity contribution in [3.8, 4) is 5.69 Å². The van der Waals surface area contributed by atoms with Gasteiger partial charge in [0.2, 0.25) is 0 Å². The summed E-state index contributed by atoms with van der Waals surface area (Å²) >= 11 is 0. The lowest BCUT2D eigenvalue weighted by Gasteiger charge is -2.14. The molecule has 0 spiro atoms. The van der Waals surface area contributed by atoms with Gasteiger partial charge >= 0.3 is 5.97 Å². The van der Waals surface area contributed by atoms with Gasteiger partial charge in [0.1, 0.15) is 5.82 Å². The van der Waals surface area contributed by atoms with Gasteiger partial charge in [-0.15, -0.1) is 0 Å². The molecule has 0 unspecified atom stereocenters. The van der Waals surface area contributed by atoms with Gasteiger partial charge in [-0.3, -0.25) is 0 Å². The van der Waals surface area contributed by atoms with Gasteiger partial charge in [0, 0.05) is 11.8 Å². The quantitative estimate of drug-likeness (QED) is 0.882. The average molecular weight is 286 g/mol. The second-order valence-electron chi connectivity index (χ2n) is 5.10. The molecule has 0 saturated carbocycles. The summed E-state index contributed by atoms with van der Waals surface area (Å²) in [6.07, 6.45) is 8.12. The van der Waals surface area contributed by atoms with Crippen molar-refractivity contribution in [3.05, 3.63) is 53.4 Å². The summed E-state index contributed by atoms with van der Waals surface area (Å²) in [6.45, 7) is 0. The highest BCUT2D eigenvalue weighted by Crippen LogP contribution is 2.25. The lowest BCUT2D eigenvalue weighted by molar-refractivity contribution is -0.131. The van der Waals surface area contributed by atoms with Gasteiger partial charge in [0.15, 0.2) is 0 Å². The van der Waals surface area contributed by atoms with Crippen LogP contribution < -0.4 is 0 Å². The van der Waals surface area contributed by atoms with Gasteiger partial charge in [-0.05, 0) is 49.5 Å². The smallest absolute Gasteiger partial charge is 0.328 e. The lowest BCUT2D eigenvalue weighted by atomic mass is 10.0. The normalized spacial score (nSPS) is 14.3. The Hall–Kier alpha value is -2.43. The van der Waals surface area contributed by atoms with Crippen molar-refractivity contribution in [2.24, 2.45) is 0 Å². The van der Waals surface area contributed by atoms with Crippen LogP contribution in [0.2, 0.25) is 0 Å². The van der Waals surface area contributed by atoms with Crippen molar-refractivity contribution in [3.63, 3.8) is 0 Å². The zero-order valence-electron chi connectivity index (χ0n) is 11.4. The Morgan fingerprint density at radius 3 is 2.90 bits per heavy atom. The van der Waals surface area contributed by atoms with E-state index in [-0.39, 0.29) is 5.82 Å². The third-order valence-electron chi connectivity index (χ3n) is 3.68.